The number of carbonyl (C=O) groups excluding carboxylic acids is 2. The lowest BCUT2D eigenvalue weighted by atomic mass is 9.87. The first-order valence-corrected chi connectivity index (χ1v) is 12.6. The average Bonchev–Trinajstić information content (AvgIpc) is 3.53. The number of ether oxygens (including phenoxy) is 1. The van der Waals surface area contributed by atoms with Gasteiger partial charge in [0, 0.05) is 28.7 Å². The van der Waals surface area contributed by atoms with Gasteiger partial charge in [-0.25, -0.2) is 9.79 Å². The highest BCUT2D eigenvalue weighted by atomic mass is 32.2. The van der Waals surface area contributed by atoms with Gasteiger partial charge in [0.25, 0.3) is 5.91 Å². The number of likely N-dealkylation sites (tertiary alicyclic amines) is 1. The molecule has 33 heavy (non-hydrogen) atoms. The summed E-state index contributed by atoms with van der Waals surface area (Å²) < 4.78 is 5.60. The van der Waals surface area contributed by atoms with Crippen LogP contribution in [0.2, 0.25) is 0 Å². The molecule has 0 aliphatic carbocycles. The molecule has 1 fully saturated rings. The third kappa shape index (κ3) is 4.54. The molecule has 0 bridgehead atoms. The van der Waals surface area contributed by atoms with Crippen LogP contribution in [-0.2, 0) is 16.9 Å². The van der Waals surface area contributed by atoms with Crippen LogP contribution in [0.5, 0.6) is 0 Å². The minimum atomic E-state index is -0.579. The van der Waals surface area contributed by atoms with Gasteiger partial charge in [0.1, 0.15) is 12.1 Å². The highest BCUT2D eigenvalue weighted by Gasteiger charge is 2.52. The number of benzene rings is 2. The zero-order chi connectivity index (χ0) is 22.7. The number of nitrogens with zero attached hydrogens (tertiary/aromatic N) is 2. The average molecular weight is 478 g/mol. The van der Waals surface area contributed by atoms with Crippen LogP contribution in [0.3, 0.4) is 0 Å². The van der Waals surface area contributed by atoms with Crippen molar-refractivity contribution in [1.82, 2.24) is 10.2 Å². The Morgan fingerprint density at radius 1 is 1.06 bits per heavy atom. The van der Waals surface area contributed by atoms with Crippen LogP contribution < -0.4 is 5.32 Å². The van der Waals surface area contributed by atoms with E-state index in [1.54, 1.807) is 28.4 Å². The number of rotatable bonds is 4. The van der Waals surface area contributed by atoms with Crippen LogP contribution in [0.1, 0.15) is 20.8 Å². The second-order valence-corrected chi connectivity index (χ2v) is 10.0. The molecule has 2 atom stereocenters. The normalized spacial score (nSPS) is 21.8. The first kappa shape index (κ1) is 21.7. The van der Waals surface area contributed by atoms with Crippen molar-refractivity contribution < 1.29 is 14.3 Å². The third-order valence-corrected chi connectivity index (χ3v) is 8.01. The molecule has 2 amide bonds. The van der Waals surface area contributed by atoms with Crippen molar-refractivity contribution >= 4 is 40.3 Å². The highest BCUT2D eigenvalue weighted by molar-refractivity contribution is 8.13. The fourth-order valence-electron chi connectivity index (χ4n) is 4.24. The Labute approximate surface area is 200 Å². The fourth-order valence-corrected chi connectivity index (χ4v) is 6.32. The van der Waals surface area contributed by atoms with E-state index in [2.05, 4.69) is 11.4 Å². The Morgan fingerprint density at radius 3 is 2.55 bits per heavy atom. The maximum Gasteiger partial charge on any atom is 0.410 e. The SMILES string of the molecule is O=C(NC1=N[C@@]2(c3cccs3)CN(C(=O)OCc3ccccc3)C[C@H]2CS1)c1ccccc1. The summed E-state index contributed by atoms with van der Waals surface area (Å²) in [6, 6.07) is 22.8. The minimum absolute atomic E-state index is 0.141. The van der Waals surface area contributed by atoms with Crippen LogP contribution in [0.15, 0.2) is 83.2 Å². The van der Waals surface area contributed by atoms with E-state index in [1.807, 2.05) is 60.0 Å². The number of thioether (sulfide) groups is 1. The maximum atomic E-state index is 12.9. The van der Waals surface area contributed by atoms with Gasteiger partial charge in [-0.2, -0.15) is 0 Å². The lowest BCUT2D eigenvalue weighted by Crippen LogP contribution is -2.42. The van der Waals surface area contributed by atoms with Gasteiger partial charge in [-0.1, -0.05) is 66.4 Å². The number of hydrogen-bond acceptors (Lipinski definition) is 6. The lowest BCUT2D eigenvalue weighted by molar-refractivity contribution is 0.0975. The standard InChI is InChI=1S/C25H23N3O3S2/c29-22(19-10-5-2-6-11-19)26-23-27-25(21-12-7-13-32-21)17-28(14-20(25)16-33-23)24(30)31-15-18-8-3-1-4-9-18/h1-13,20H,14-17H2,(H,26,27,29)/t20-,25-/m0/s1. The van der Waals surface area contributed by atoms with Crippen molar-refractivity contribution in [2.75, 3.05) is 18.8 Å². The van der Waals surface area contributed by atoms with Gasteiger partial charge in [0.2, 0.25) is 0 Å². The van der Waals surface area contributed by atoms with Gasteiger partial charge < -0.3 is 15.0 Å². The monoisotopic (exact) mass is 477 g/mol. The Morgan fingerprint density at radius 2 is 1.82 bits per heavy atom. The maximum absolute atomic E-state index is 12.9. The number of thiophene rings is 1. The fraction of sp³-hybridized carbons (Fsp3) is 0.240. The quantitative estimate of drug-likeness (QED) is 0.589. The van der Waals surface area contributed by atoms with Gasteiger partial charge in [0.05, 0.1) is 6.54 Å². The molecule has 0 saturated carbocycles. The number of carbonyl (C=O) groups is 2. The zero-order valence-electron chi connectivity index (χ0n) is 17.8. The molecule has 2 aromatic carbocycles. The van der Waals surface area contributed by atoms with Gasteiger partial charge >= 0.3 is 6.09 Å². The van der Waals surface area contributed by atoms with Gasteiger partial charge in [-0.3, -0.25) is 4.79 Å². The summed E-state index contributed by atoms with van der Waals surface area (Å²) in [6.45, 7) is 1.24. The molecule has 2 aliphatic rings. The van der Waals surface area contributed by atoms with E-state index >= 15 is 0 Å². The van der Waals surface area contributed by atoms with E-state index < -0.39 is 5.54 Å². The van der Waals surface area contributed by atoms with E-state index in [9.17, 15) is 9.59 Å². The number of nitrogens with one attached hydrogen (secondary N) is 1. The predicted octanol–water partition coefficient (Wildman–Crippen LogP) is 4.74. The summed E-state index contributed by atoms with van der Waals surface area (Å²) in [5, 5.41) is 5.58. The summed E-state index contributed by atoms with van der Waals surface area (Å²) in [5.74, 6) is 0.718. The van der Waals surface area contributed by atoms with Crippen molar-refractivity contribution in [2.24, 2.45) is 10.9 Å². The number of fused-ring (bicyclic) bond motifs is 1. The van der Waals surface area contributed by atoms with Crippen molar-refractivity contribution in [3.8, 4) is 0 Å². The Bertz CT molecular complexity index is 1150. The third-order valence-electron chi connectivity index (χ3n) is 5.94. The van der Waals surface area contributed by atoms with E-state index in [-0.39, 0.29) is 24.5 Å². The summed E-state index contributed by atoms with van der Waals surface area (Å²) >= 11 is 3.16. The molecule has 0 spiro atoms. The number of aliphatic imine (C=N–C) groups is 1. The molecule has 6 nitrogen and oxygen atoms in total. The van der Waals surface area contributed by atoms with Gasteiger partial charge in [-0.05, 0) is 29.1 Å². The number of amidine groups is 1. The molecule has 0 radical (unpaired) electrons. The minimum Gasteiger partial charge on any atom is -0.445 e. The molecule has 168 valence electrons. The van der Waals surface area contributed by atoms with E-state index in [4.69, 9.17) is 9.73 Å². The largest absolute Gasteiger partial charge is 0.445 e. The summed E-state index contributed by atoms with van der Waals surface area (Å²) in [5.41, 5.74) is 0.963. The first-order chi connectivity index (χ1) is 16.1. The van der Waals surface area contributed by atoms with Crippen molar-refractivity contribution in [2.45, 2.75) is 12.1 Å². The van der Waals surface area contributed by atoms with Crippen molar-refractivity contribution in [3.05, 3.63) is 94.2 Å². The highest BCUT2D eigenvalue weighted by Crippen LogP contribution is 2.47. The predicted molar refractivity (Wildman–Crippen MR) is 131 cm³/mol. The molecule has 3 aromatic rings. The van der Waals surface area contributed by atoms with Gasteiger partial charge in [0.15, 0.2) is 5.17 Å². The molecule has 1 N–H and O–H groups in total. The van der Waals surface area contributed by atoms with E-state index in [1.165, 1.54) is 11.8 Å². The molecule has 2 aliphatic heterocycles. The molecule has 1 saturated heterocycles. The number of hydrogen-bond donors (Lipinski definition) is 1. The van der Waals surface area contributed by atoms with Crippen LogP contribution in [0, 0.1) is 5.92 Å². The van der Waals surface area contributed by atoms with E-state index in [0.717, 1.165) is 16.2 Å². The van der Waals surface area contributed by atoms with E-state index in [0.29, 0.717) is 23.8 Å². The molecule has 5 rings (SSSR count). The second kappa shape index (κ2) is 9.41. The van der Waals surface area contributed by atoms with Crippen LogP contribution >= 0.6 is 23.1 Å². The zero-order valence-corrected chi connectivity index (χ0v) is 19.5. The second-order valence-electron chi connectivity index (χ2n) is 8.07. The summed E-state index contributed by atoms with van der Waals surface area (Å²) in [6.07, 6.45) is -0.334. The molecular formula is C25H23N3O3S2. The lowest BCUT2D eigenvalue weighted by Gasteiger charge is -2.34. The molecule has 1 aromatic heterocycles. The Hall–Kier alpha value is -3.10. The van der Waals surface area contributed by atoms with Crippen molar-refractivity contribution in [3.63, 3.8) is 0 Å². The molecule has 8 heteroatoms. The number of amides is 2. The molecule has 3 heterocycles. The first-order valence-electron chi connectivity index (χ1n) is 10.7. The summed E-state index contributed by atoms with van der Waals surface area (Å²) in [4.78, 5) is 33.5. The smallest absolute Gasteiger partial charge is 0.410 e. The van der Waals surface area contributed by atoms with Crippen LogP contribution in [-0.4, -0.2) is 40.9 Å². The van der Waals surface area contributed by atoms with Crippen molar-refractivity contribution in [1.29, 1.82) is 0 Å². The Balaban J connectivity index is 1.35. The Kier molecular flexibility index (Phi) is 6.20. The molecule has 0 unspecified atom stereocenters. The van der Waals surface area contributed by atoms with Crippen LogP contribution in [0.4, 0.5) is 4.79 Å². The van der Waals surface area contributed by atoms with Gasteiger partial charge in [-0.15, -0.1) is 11.3 Å². The summed E-state index contributed by atoms with van der Waals surface area (Å²) in [7, 11) is 0. The topological polar surface area (TPSA) is 71.0 Å². The molecular weight excluding hydrogens is 454 g/mol. The van der Waals surface area contributed by atoms with Crippen LogP contribution in [0.25, 0.3) is 0 Å².